The average Bonchev–Trinajstić information content (AvgIpc) is 2.75. The number of carbonyl (C=O) groups excluding carboxylic acids is 2. The molecule has 0 N–H and O–H groups in total. The van der Waals surface area contributed by atoms with Crippen LogP contribution in [0.1, 0.15) is 130 Å². The molecule has 1 aromatic rings. The van der Waals surface area contributed by atoms with Crippen molar-refractivity contribution in [3.8, 4) is 0 Å². The van der Waals surface area contributed by atoms with Crippen LogP contribution in [0, 0.1) is 0 Å². The molecule has 0 saturated heterocycles. The average molecular weight is 403 g/mol. The first kappa shape index (κ1) is 25.4. The van der Waals surface area contributed by atoms with Gasteiger partial charge in [-0.05, 0) is 18.6 Å². The minimum Gasteiger partial charge on any atom is -0.462 e. The van der Waals surface area contributed by atoms with Crippen molar-refractivity contribution in [3.05, 3.63) is 35.4 Å². The Kier molecular flexibility index (Phi) is 16.1. The summed E-state index contributed by atoms with van der Waals surface area (Å²) in [6.45, 7) is 2.75. The van der Waals surface area contributed by atoms with Crippen LogP contribution in [0.5, 0.6) is 0 Å². The van der Waals surface area contributed by atoms with Crippen LogP contribution in [0.3, 0.4) is 0 Å². The lowest BCUT2D eigenvalue weighted by Crippen LogP contribution is -2.06. The molecule has 0 unspecified atom stereocenters. The molecule has 3 nitrogen and oxygen atoms in total. The molecule has 0 atom stereocenters. The monoisotopic (exact) mass is 402 g/mol. The van der Waals surface area contributed by atoms with Gasteiger partial charge in [-0.15, -0.1) is 0 Å². The quantitative estimate of drug-likeness (QED) is 0.134. The van der Waals surface area contributed by atoms with Gasteiger partial charge in [0.1, 0.15) is 6.29 Å². The Bertz CT molecular complexity index is 521. The van der Waals surface area contributed by atoms with E-state index >= 15 is 0 Å². The predicted molar refractivity (Wildman–Crippen MR) is 122 cm³/mol. The second kappa shape index (κ2) is 18.4. The number of carbonyl (C=O) groups is 2. The molecule has 0 aliphatic rings. The van der Waals surface area contributed by atoms with Gasteiger partial charge in [-0.3, -0.25) is 4.79 Å². The van der Waals surface area contributed by atoms with Gasteiger partial charge >= 0.3 is 5.97 Å². The standard InChI is InChI=1S/C26H42O3/c1-2-3-4-5-6-7-8-9-10-11-12-13-14-15-16-17-22-29-26(28)25-20-18-24(23-27)19-21-25/h18-21,23H,2-17,22H2,1H3. The molecule has 164 valence electrons. The molecule has 1 rings (SSSR count). The number of unbranched alkanes of at least 4 members (excludes halogenated alkanes) is 15. The number of ether oxygens (including phenoxy) is 1. The number of esters is 1. The highest BCUT2D eigenvalue weighted by atomic mass is 16.5. The first-order chi connectivity index (χ1) is 14.3. The fourth-order valence-corrected chi connectivity index (χ4v) is 3.60. The van der Waals surface area contributed by atoms with Crippen molar-refractivity contribution in [2.45, 2.75) is 110 Å². The fraction of sp³-hybridized carbons (Fsp3) is 0.692. The number of hydrogen-bond donors (Lipinski definition) is 0. The van der Waals surface area contributed by atoms with Gasteiger partial charge in [0.2, 0.25) is 0 Å². The van der Waals surface area contributed by atoms with Crippen molar-refractivity contribution in [3.63, 3.8) is 0 Å². The highest BCUT2D eigenvalue weighted by Gasteiger charge is 2.06. The molecule has 3 heteroatoms. The molecule has 0 radical (unpaired) electrons. The highest BCUT2D eigenvalue weighted by Crippen LogP contribution is 2.14. The van der Waals surface area contributed by atoms with Gasteiger partial charge in [0, 0.05) is 5.56 Å². The molecule has 0 fully saturated rings. The molecular formula is C26H42O3. The minimum atomic E-state index is -0.302. The Balaban J connectivity index is 1.82. The molecule has 0 heterocycles. The maximum absolute atomic E-state index is 11.9. The molecule has 29 heavy (non-hydrogen) atoms. The van der Waals surface area contributed by atoms with E-state index in [2.05, 4.69) is 6.92 Å². The Morgan fingerprint density at radius 2 is 1.10 bits per heavy atom. The largest absolute Gasteiger partial charge is 0.462 e. The zero-order valence-corrected chi connectivity index (χ0v) is 18.6. The van der Waals surface area contributed by atoms with E-state index in [4.69, 9.17) is 4.74 Å². The molecule has 0 aromatic heterocycles. The summed E-state index contributed by atoms with van der Waals surface area (Å²) >= 11 is 0. The summed E-state index contributed by atoms with van der Waals surface area (Å²) in [5, 5.41) is 0. The van der Waals surface area contributed by atoms with Crippen molar-refractivity contribution in [2.75, 3.05) is 6.61 Å². The van der Waals surface area contributed by atoms with Crippen LogP contribution in [0.4, 0.5) is 0 Å². The Morgan fingerprint density at radius 3 is 1.52 bits per heavy atom. The van der Waals surface area contributed by atoms with Gasteiger partial charge in [0.05, 0.1) is 12.2 Å². The normalized spacial score (nSPS) is 10.8. The molecule has 0 aliphatic carbocycles. The Hall–Kier alpha value is -1.64. The summed E-state index contributed by atoms with van der Waals surface area (Å²) < 4.78 is 5.29. The van der Waals surface area contributed by atoms with Gasteiger partial charge in [-0.25, -0.2) is 4.79 Å². The first-order valence-corrected chi connectivity index (χ1v) is 12.0. The third-order valence-electron chi connectivity index (χ3n) is 5.51. The van der Waals surface area contributed by atoms with E-state index in [0.717, 1.165) is 19.1 Å². The molecule has 0 spiro atoms. The lowest BCUT2D eigenvalue weighted by Gasteiger charge is -2.05. The number of aldehydes is 1. The smallest absolute Gasteiger partial charge is 0.338 e. The minimum absolute atomic E-state index is 0.302. The van der Waals surface area contributed by atoms with Crippen molar-refractivity contribution in [1.29, 1.82) is 0 Å². The van der Waals surface area contributed by atoms with Gasteiger partial charge in [0.25, 0.3) is 0 Å². The third kappa shape index (κ3) is 14.1. The van der Waals surface area contributed by atoms with Crippen LogP contribution in [-0.2, 0) is 4.74 Å². The summed E-state index contributed by atoms with van der Waals surface area (Å²) in [5.41, 5.74) is 1.08. The van der Waals surface area contributed by atoms with Gasteiger partial charge in [-0.1, -0.05) is 115 Å². The number of benzene rings is 1. The van der Waals surface area contributed by atoms with Crippen molar-refractivity contribution in [2.24, 2.45) is 0 Å². The summed E-state index contributed by atoms with van der Waals surface area (Å²) in [5.74, 6) is -0.302. The molecule has 0 amide bonds. The maximum atomic E-state index is 11.9. The number of rotatable bonds is 19. The van der Waals surface area contributed by atoms with E-state index in [1.54, 1.807) is 24.3 Å². The van der Waals surface area contributed by atoms with Gasteiger partial charge in [-0.2, -0.15) is 0 Å². The lowest BCUT2D eigenvalue weighted by atomic mass is 10.0. The van der Waals surface area contributed by atoms with Crippen LogP contribution >= 0.6 is 0 Å². The summed E-state index contributed by atoms with van der Waals surface area (Å²) in [7, 11) is 0. The number of hydrogen-bond acceptors (Lipinski definition) is 3. The zero-order chi connectivity index (χ0) is 21.0. The van der Waals surface area contributed by atoms with E-state index in [-0.39, 0.29) is 5.97 Å². The molecule has 0 saturated carbocycles. The van der Waals surface area contributed by atoms with E-state index in [1.807, 2.05) is 0 Å². The lowest BCUT2D eigenvalue weighted by molar-refractivity contribution is 0.0497. The summed E-state index contributed by atoms with van der Waals surface area (Å²) in [4.78, 5) is 22.5. The summed E-state index contributed by atoms with van der Waals surface area (Å²) in [6, 6.07) is 6.55. The van der Waals surface area contributed by atoms with Crippen LogP contribution in [0.25, 0.3) is 0 Å². The van der Waals surface area contributed by atoms with E-state index in [1.165, 1.54) is 89.9 Å². The van der Waals surface area contributed by atoms with Crippen LogP contribution in [0.2, 0.25) is 0 Å². The third-order valence-corrected chi connectivity index (χ3v) is 5.51. The molecule has 0 bridgehead atoms. The van der Waals surface area contributed by atoms with Crippen LogP contribution < -0.4 is 0 Å². The van der Waals surface area contributed by atoms with Crippen LogP contribution in [0.15, 0.2) is 24.3 Å². The van der Waals surface area contributed by atoms with Crippen molar-refractivity contribution >= 4 is 12.3 Å². The van der Waals surface area contributed by atoms with E-state index in [9.17, 15) is 9.59 Å². The Labute approximate surface area is 178 Å². The maximum Gasteiger partial charge on any atom is 0.338 e. The molecule has 1 aromatic carbocycles. The topological polar surface area (TPSA) is 43.4 Å². The van der Waals surface area contributed by atoms with Crippen LogP contribution in [-0.4, -0.2) is 18.9 Å². The zero-order valence-electron chi connectivity index (χ0n) is 18.6. The summed E-state index contributed by atoms with van der Waals surface area (Å²) in [6.07, 6.45) is 22.1. The Morgan fingerprint density at radius 1 is 0.690 bits per heavy atom. The molecule has 0 aliphatic heterocycles. The SMILES string of the molecule is CCCCCCCCCCCCCCCCCCOC(=O)c1ccc(C=O)cc1. The predicted octanol–water partition coefficient (Wildman–Crippen LogP) is 7.92. The van der Waals surface area contributed by atoms with Gasteiger partial charge in [0.15, 0.2) is 0 Å². The first-order valence-electron chi connectivity index (χ1n) is 12.0. The second-order valence-corrected chi connectivity index (χ2v) is 8.18. The highest BCUT2D eigenvalue weighted by molar-refractivity contribution is 5.90. The van der Waals surface area contributed by atoms with E-state index < -0.39 is 0 Å². The van der Waals surface area contributed by atoms with Crippen molar-refractivity contribution < 1.29 is 14.3 Å². The molecular weight excluding hydrogens is 360 g/mol. The van der Waals surface area contributed by atoms with Crippen molar-refractivity contribution in [1.82, 2.24) is 0 Å². The second-order valence-electron chi connectivity index (χ2n) is 8.18. The fourth-order valence-electron chi connectivity index (χ4n) is 3.60. The van der Waals surface area contributed by atoms with E-state index in [0.29, 0.717) is 17.7 Å². The van der Waals surface area contributed by atoms with Gasteiger partial charge < -0.3 is 4.74 Å².